The summed E-state index contributed by atoms with van der Waals surface area (Å²) in [6, 6.07) is 24.5. The highest BCUT2D eigenvalue weighted by molar-refractivity contribution is 5.74. The molecular weight excluding hydrogens is 386 g/mol. The molecule has 158 valence electrons. The van der Waals surface area contributed by atoms with E-state index in [1.165, 1.54) is 51.1 Å². The molecule has 1 atom stereocenters. The fraction of sp³-hybridized carbons (Fsp3) is 0.161. The summed E-state index contributed by atoms with van der Waals surface area (Å²) in [5, 5.41) is 5.89. The van der Waals surface area contributed by atoms with Crippen molar-refractivity contribution in [3.63, 3.8) is 0 Å². The molecule has 1 heterocycles. The first-order valence-electron chi connectivity index (χ1n) is 11.6. The van der Waals surface area contributed by atoms with E-state index >= 15 is 0 Å². The Bertz CT molecular complexity index is 1280. The molecule has 1 nitrogen and oxygen atoms in total. The van der Waals surface area contributed by atoms with Gasteiger partial charge < -0.3 is 5.32 Å². The van der Waals surface area contributed by atoms with Crippen molar-refractivity contribution >= 4 is 12.2 Å². The van der Waals surface area contributed by atoms with Crippen LogP contribution in [0, 0.1) is 5.92 Å². The molecular formula is C31H29N. The van der Waals surface area contributed by atoms with Crippen LogP contribution in [0.25, 0.3) is 23.3 Å². The second-order valence-corrected chi connectivity index (χ2v) is 8.59. The molecule has 0 amide bonds. The summed E-state index contributed by atoms with van der Waals surface area (Å²) < 4.78 is 0. The number of hydrogen-bond acceptors (Lipinski definition) is 1. The zero-order valence-electron chi connectivity index (χ0n) is 18.4. The largest absolute Gasteiger partial charge is 0.368 e. The summed E-state index contributed by atoms with van der Waals surface area (Å²) >= 11 is 0. The lowest BCUT2D eigenvalue weighted by Crippen LogP contribution is -2.36. The lowest BCUT2D eigenvalue weighted by atomic mass is 9.83. The van der Waals surface area contributed by atoms with Crippen molar-refractivity contribution in [2.45, 2.75) is 25.7 Å². The number of fused-ring (bicyclic) bond motifs is 5. The van der Waals surface area contributed by atoms with Crippen LogP contribution in [-0.2, 0) is 19.3 Å². The van der Waals surface area contributed by atoms with E-state index < -0.39 is 0 Å². The van der Waals surface area contributed by atoms with E-state index in [0.717, 1.165) is 12.8 Å². The Hall–Kier alpha value is -3.58. The predicted octanol–water partition coefficient (Wildman–Crippen LogP) is 5.45. The van der Waals surface area contributed by atoms with Gasteiger partial charge in [0, 0.05) is 12.4 Å². The van der Waals surface area contributed by atoms with Crippen molar-refractivity contribution < 1.29 is 0 Å². The molecule has 0 saturated carbocycles. The first-order chi connectivity index (χ1) is 15.9. The molecule has 1 unspecified atom stereocenters. The molecule has 0 radical (unpaired) electrons. The monoisotopic (exact) mass is 415 g/mol. The molecule has 1 heteroatoms. The number of aryl methyl sites for hydroxylation is 1. The topological polar surface area (TPSA) is 12.0 Å². The zero-order chi connectivity index (χ0) is 21.6. The molecule has 2 aliphatic carbocycles. The number of hydrogen-bond donors (Lipinski definition) is 1. The summed E-state index contributed by atoms with van der Waals surface area (Å²) in [7, 11) is 0. The summed E-state index contributed by atoms with van der Waals surface area (Å²) in [5.41, 5.74) is 7.26. The molecule has 3 aliphatic rings. The lowest BCUT2D eigenvalue weighted by Gasteiger charge is -2.22. The van der Waals surface area contributed by atoms with E-state index in [0.29, 0.717) is 5.92 Å². The van der Waals surface area contributed by atoms with Gasteiger partial charge in [-0.05, 0) is 82.0 Å². The van der Waals surface area contributed by atoms with E-state index in [4.69, 9.17) is 0 Å². The molecule has 3 aromatic carbocycles. The van der Waals surface area contributed by atoms with Gasteiger partial charge in [-0.3, -0.25) is 0 Å². The van der Waals surface area contributed by atoms with Gasteiger partial charge in [-0.25, -0.2) is 0 Å². The highest BCUT2D eigenvalue weighted by Crippen LogP contribution is 2.26. The Balaban J connectivity index is 0.000000265. The van der Waals surface area contributed by atoms with Gasteiger partial charge >= 0.3 is 0 Å². The lowest BCUT2D eigenvalue weighted by molar-refractivity contribution is 0.601. The maximum Gasteiger partial charge on any atom is 0.000442 e. The van der Waals surface area contributed by atoms with E-state index in [1.807, 2.05) is 36.7 Å². The molecule has 6 rings (SSSR count). The van der Waals surface area contributed by atoms with Crippen molar-refractivity contribution in [1.82, 2.24) is 5.32 Å². The molecule has 0 spiro atoms. The van der Waals surface area contributed by atoms with Gasteiger partial charge in [-0.2, -0.15) is 0 Å². The quantitative estimate of drug-likeness (QED) is 0.587. The van der Waals surface area contributed by atoms with Crippen LogP contribution < -0.4 is 15.8 Å². The number of nitrogens with one attached hydrogen (secondary N) is 1. The van der Waals surface area contributed by atoms with Crippen LogP contribution in [0.1, 0.15) is 23.1 Å². The number of rotatable bonds is 2. The minimum absolute atomic E-state index is 0.645. The van der Waals surface area contributed by atoms with Crippen LogP contribution >= 0.6 is 0 Å². The van der Waals surface area contributed by atoms with Gasteiger partial charge in [0.2, 0.25) is 0 Å². The third-order valence-corrected chi connectivity index (χ3v) is 6.46. The fourth-order valence-electron chi connectivity index (χ4n) is 4.87. The molecule has 1 N–H and O–H groups in total. The third kappa shape index (κ3) is 4.53. The number of benzene rings is 3. The fourth-order valence-corrected chi connectivity index (χ4v) is 4.87. The Kier molecular flexibility index (Phi) is 6.16. The molecule has 1 aliphatic heterocycles. The van der Waals surface area contributed by atoms with Crippen molar-refractivity contribution in [2.75, 3.05) is 0 Å². The minimum atomic E-state index is 0.645. The average Bonchev–Trinajstić information content (AvgIpc) is 3.18. The van der Waals surface area contributed by atoms with Crippen molar-refractivity contribution in [2.24, 2.45) is 5.92 Å². The van der Waals surface area contributed by atoms with Crippen LogP contribution in [-0.4, -0.2) is 0 Å². The van der Waals surface area contributed by atoms with Crippen LogP contribution in [0.15, 0.2) is 103 Å². The first-order valence-corrected chi connectivity index (χ1v) is 11.6. The van der Waals surface area contributed by atoms with Gasteiger partial charge in [-0.15, -0.1) is 0 Å². The van der Waals surface area contributed by atoms with Gasteiger partial charge in [-0.1, -0.05) is 91.0 Å². The summed E-state index contributed by atoms with van der Waals surface area (Å²) in [5.74, 6) is 0.645. The molecule has 32 heavy (non-hydrogen) atoms. The van der Waals surface area contributed by atoms with Crippen molar-refractivity contribution in [1.29, 1.82) is 0 Å². The highest BCUT2D eigenvalue weighted by atomic mass is 14.8. The van der Waals surface area contributed by atoms with Crippen molar-refractivity contribution in [3.05, 3.63) is 131 Å². The van der Waals surface area contributed by atoms with Crippen molar-refractivity contribution in [3.8, 4) is 11.1 Å². The average molecular weight is 416 g/mol. The van der Waals surface area contributed by atoms with Crippen LogP contribution in [0.4, 0.5) is 0 Å². The predicted molar refractivity (Wildman–Crippen MR) is 136 cm³/mol. The maximum absolute atomic E-state index is 2.92. The molecule has 0 saturated heterocycles. The molecule has 0 bridgehead atoms. The highest BCUT2D eigenvalue weighted by Gasteiger charge is 2.17. The smallest absolute Gasteiger partial charge is 0.000442 e. The maximum atomic E-state index is 2.92. The number of allylic oxidation sites excluding steroid dienone is 4. The first kappa shape index (κ1) is 20.3. The Labute approximate surface area is 190 Å². The van der Waals surface area contributed by atoms with Gasteiger partial charge in [0.15, 0.2) is 0 Å². The zero-order valence-corrected chi connectivity index (χ0v) is 18.4. The Morgan fingerprint density at radius 2 is 1.47 bits per heavy atom. The van der Waals surface area contributed by atoms with Gasteiger partial charge in [0.05, 0.1) is 0 Å². The summed E-state index contributed by atoms with van der Waals surface area (Å²) in [4.78, 5) is 0. The van der Waals surface area contributed by atoms with E-state index in [2.05, 4.69) is 84.2 Å². The normalized spacial score (nSPS) is 17.2. The second kappa shape index (κ2) is 9.70. The second-order valence-electron chi connectivity index (χ2n) is 8.59. The van der Waals surface area contributed by atoms with Gasteiger partial charge in [0.1, 0.15) is 0 Å². The van der Waals surface area contributed by atoms with E-state index in [-0.39, 0.29) is 0 Å². The van der Waals surface area contributed by atoms with Gasteiger partial charge in [0.25, 0.3) is 0 Å². The van der Waals surface area contributed by atoms with E-state index in [9.17, 15) is 0 Å². The summed E-state index contributed by atoms with van der Waals surface area (Å²) in [6.07, 6.45) is 21.2. The Morgan fingerprint density at radius 1 is 0.688 bits per heavy atom. The molecule has 0 aromatic heterocycles. The summed E-state index contributed by atoms with van der Waals surface area (Å²) in [6.45, 7) is 0. The van der Waals surface area contributed by atoms with E-state index in [1.54, 1.807) is 0 Å². The van der Waals surface area contributed by atoms with Crippen LogP contribution in [0.5, 0.6) is 0 Å². The third-order valence-electron chi connectivity index (χ3n) is 6.46. The molecule has 0 fully saturated rings. The van der Waals surface area contributed by atoms with Crippen LogP contribution in [0.3, 0.4) is 0 Å². The molecule has 3 aromatic rings. The van der Waals surface area contributed by atoms with Crippen LogP contribution in [0.2, 0.25) is 0 Å². The SMILES string of the molecule is C1=CC=CNC=C1.C1=c2c(ccc3c2=CCc2ccccc2-3)CCC1Cc1ccccc1. The Morgan fingerprint density at radius 3 is 2.31 bits per heavy atom. The standard InChI is InChI=1S/C25H22.C6H7N/c1-2-6-18(7-3-1)16-19-10-11-21-13-14-23-22-9-5-4-8-20(22)12-15-24(23)25(21)17-19;1-2-4-6-7-5-3-1/h1-9,13-15,17,19H,10-12,16H2;1-7H. The minimum Gasteiger partial charge on any atom is -0.368 e.